The molecular formula is C13H20ClN3O2. The third kappa shape index (κ3) is 2.92. The van der Waals surface area contributed by atoms with Crippen LogP contribution in [0.3, 0.4) is 0 Å². The van der Waals surface area contributed by atoms with Gasteiger partial charge in [0, 0.05) is 19.0 Å². The molecule has 0 saturated carbocycles. The van der Waals surface area contributed by atoms with E-state index in [1.165, 1.54) is 0 Å². The van der Waals surface area contributed by atoms with E-state index in [9.17, 15) is 4.79 Å². The first kappa shape index (κ1) is 14.3. The Balaban J connectivity index is 2.24. The number of alkyl halides is 1. The van der Waals surface area contributed by atoms with Crippen molar-refractivity contribution >= 4 is 17.5 Å². The minimum absolute atomic E-state index is 0.00278. The van der Waals surface area contributed by atoms with Crippen LogP contribution in [0, 0.1) is 0 Å². The van der Waals surface area contributed by atoms with E-state index in [4.69, 9.17) is 16.3 Å². The monoisotopic (exact) mass is 285 g/mol. The van der Waals surface area contributed by atoms with E-state index in [2.05, 4.69) is 5.10 Å². The number of carbonyl (C=O) groups is 1. The predicted molar refractivity (Wildman–Crippen MR) is 73.6 cm³/mol. The highest BCUT2D eigenvalue weighted by molar-refractivity contribution is 6.18. The summed E-state index contributed by atoms with van der Waals surface area (Å²) in [5, 5.41) is 4.42. The minimum Gasteiger partial charge on any atom is -0.377 e. The number of hydrogen-bond donors (Lipinski definition) is 0. The average molecular weight is 286 g/mol. The molecule has 0 N–H and O–H groups in total. The van der Waals surface area contributed by atoms with Crippen molar-refractivity contribution in [2.24, 2.45) is 0 Å². The Morgan fingerprint density at radius 1 is 1.58 bits per heavy atom. The lowest BCUT2D eigenvalue weighted by Gasteiger charge is -2.34. The number of aryl methyl sites for hydroxylation is 2. The van der Waals surface area contributed by atoms with Gasteiger partial charge in [-0.2, -0.15) is 5.10 Å². The number of nitrogens with zero attached hydrogens (tertiary/aromatic N) is 3. The molecule has 0 aromatic carbocycles. The van der Waals surface area contributed by atoms with Gasteiger partial charge in [-0.25, -0.2) is 0 Å². The molecule has 0 radical (unpaired) electrons. The number of carbonyl (C=O) groups excluding carboxylic acids is 1. The molecule has 2 heterocycles. The van der Waals surface area contributed by atoms with Gasteiger partial charge in [-0.3, -0.25) is 9.48 Å². The van der Waals surface area contributed by atoms with Crippen LogP contribution in [0.25, 0.3) is 0 Å². The zero-order valence-electron chi connectivity index (χ0n) is 11.4. The molecule has 1 amide bonds. The summed E-state index contributed by atoms with van der Waals surface area (Å²) >= 11 is 5.92. The van der Waals surface area contributed by atoms with Crippen molar-refractivity contribution in [3.63, 3.8) is 0 Å². The second kappa shape index (κ2) is 6.39. The first-order valence-corrected chi connectivity index (χ1v) is 7.26. The molecule has 1 aromatic rings. The molecule has 19 heavy (non-hydrogen) atoms. The van der Waals surface area contributed by atoms with Gasteiger partial charge < -0.3 is 9.64 Å². The Morgan fingerprint density at radius 3 is 3.00 bits per heavy atom. The van der Waals surface area contributed by atoms with Crippen LogP contribution >= 0.6 is 11.6 Å². The van der Waals surface area contributed by atoms with Crippen LogP contribution < -0.4 is 0 Å². The molecule has 0 bridgehead atoms. The SMILES string of the molecule is CCc1cc(C(=O)N2CCOCC2CCl)n(CC)n1. The van der Waals surface area contributed by atoms with Gasteiger partial charge in [0.15, 0.2) is 0 Å². The molecule has 6 heteroatoms. The number of aromatic nitrogens is 2. The molecular weight excluding hydrogens is 266 g/mol. The second-order valence-corrected chi connectivity index (χ2v) is 4.88. The lowest BCUT2D eigenvalue weighted by Crippen LogP contribution is -2.50. The molecule has 0 aliphatic carbocycles. The Morgan fingerprint density at radius 2 is 2.37 bits per heavy atom. The number of halogens is 1. The molecule has 5 nitrogen and oxygen atoms in total. The topological polar surface area (TPSA) is 47.4 Å². The molecule has 1 aliphatic rings. The molecule has 2 rings (SSSR count). The molecule has 1 aliphatic heterocycles. The van der Waals surface area contributed by atoms with Crippen LogP contribution in [-0.4, -0.2) is 52.3 Å². The molecule has 1 aromatic heterocycles. The number of rotatable bonds is 4. The second-order valence-electron chi connectivity index (χ2n) is 4.57. The number of ether oxygens (including phenoxy) is 1. The maximum absolute atomic E-state index is 12.6. The Labute approximate surface area is 118 Å². The molecule has 0 spiro atoms. The lowest BCUT2D eigenvalue weighted by molar-refractivity contribution is 0.00390. The summed E-state index contributed by atoms with van der Waals surface area (Å²) in [6.07, 6.45) is 0.829. The van der Waals surface area contributed by atoms with Crippen LogP contribution in [-0.2, 0) is 17.7 Å². The van der Waals surface area contributed by atoms with Crippen LogP contribution in [0.1, 0.15) is 30.0 Å². The van der Waals surface area contributed by atoms with E-state index in [-0.39, 0.29) is 11.9 Å². The normalized spacial score (nSPS) is 19.7. The summed E-state index contributed by atoms with van der Waals surface area (Å²) in [6, 6.07) is 1.83. The molecule has 1 fully saturated rings. The van der Waals surface area contributed by atoms with Crippen molar-refractivity contribution in [2.75, 3.05) is 25.6 Å². The van der Waals surface area contributed by atoms with E-state index in [1.807, 2.05) is 19.9 Å². The van der Waals surface area contributed by atoms with Crippen molar-refractivity contribution in [3.8, 4) is 0 Å². The van der Waals surface area contributed by atoms with Crippen LogP contribution in [0.2, 0.25) is 0 Å². The van der Waals surface area contributed by atoms with Gasteiger partial charge in [0.05, 0.1) is 24.9 Å². The number of hydrogen-bond acceptors (Lipinski definition) is 3. The molecule has 1 atom stereocenters. The van der Waals surface area contributed by atoms with Crippen molar-refractivity contribution in [2.45, 2.75) is 32.9 Å². The van der Waals surface area contributed by atoms with Gasteiger partial charge in [-0.1, -0.05) is 6.92 Å². The fourth-order valence-electron chi connectivity index (χ4n) is 2.25. The third-order valence-electron chi connectivity index (χ3n) is 3.38. The maximum Gasteiger partial charge on any atom is 0.272 e. The summed E-state index contributed by atoms with van der Waals surface area (Å²) < 4.78 is 7.14. The lowest BCUT2D eigenvalue weighted by atomic mass is 10.2. The smallest absolute Gasteiger partial charge is 0.272 e. The molecule has 1 unspecified atom stereocenters. The minimum atomic E-state index is -0.0480. The van der Waals surface area contributed by atoms with Crippen molar-refractivity contribution in [1.29, 1.82) is 0 Å². The van der Waals surface area contributed by atoms with Crippen molar-refractivity contribution in [3.05, 3.63) is 17.5 Å². The average Bonchev–Trinajstić information content (AvgIpc) is 2.89. The van der Waals surface area contributed by atoms with Crippen LogP contribution in [0.5, 0.6) is 0 Å². The first-order chi connectivity index (χ1) is 9.21. The molecule has 1 saturated heterocycles. The van der Waals surface area contributed by atoms with Crippen molar-refractivity contribution in [1.82, 2.24) is 14.7 Å². The Hall–Kier alpha value is -1.07. The summed E-state index contributed by atoms with van der Waals surface area (Å²) in [5.74, 6) is 0.398. The summed E-state index contributed by atoms with van der Waals surface area (Å²) in [4.78, 5) is 14.4. The zero-order valence-corrected chi connectivity index (χ0v) is 12.2. The fraction of sp³-hybridized carbons (Fsp3) is 0.692. The summed E-state index contributed by atoms with van der Waals surface area (Å²) in [6.45, 7) is 6.38. The van der Waals surface area contributed by atoms with E-state index in [0.717, 1.165) is 12.1 Å². The summed E-state index contributed by atoms with van der Waals surface area (Å²) in [7, 11) is 0. The Bertz CT molecular complexity index is 447. The first-order valence-electron chi connectivity index (χ1n) is 6.72. The van der Waals surface area contributed by atoms with E-state index in [0.29, 0.717) is 37.9 Å². The molecule has 106 valence electrons. The third-order valence-corrected chi connectivity index (χ3v) is 3.73. The van der Waals surface area contributed by atoms with Gasteiger partial charge >= 0.3 is 0 Å². The predicted octanol–water partition coefficient (Wildman–Crippen LogP) is 1.55. The Kier molecular flexibility index (Phi) is 4.82. The van der Waals surface area contributed by atoms with E-state index < -0.39 is 0 Å². The van der Waals surface area contributed by atoms with E-state index >= 15 is 0 Å². The highest BCUT2D eigenvalue weighted by atomic mass is 35.5. The van der Waals surface area contributed by atoms with Gasteiger partial charge in [0.1, 0.15) is 5.69 Å². The number of amides is 1. The maximum atomic E-state index is 12.6. The zero-order chi connectivity index (χ0) is 13.8. The highest BCUT2D eigenvalue weighted by Gasteiger charge is 2.29. The van der Waals surface area contributed by atoms with Crippen LogP contribution in [0.4, 0.5) is 0 Å². The largest absolute Gasteiger partial charge is 0.377 e. The van der Waals surface area contributed by atoms with E-state index in [1.54, 1.807) is 9.58 Å². The quantitative estimate of drug-likeness (QED) is 0.789. The van der Waals surface area contributed by atoms with Gasteiger partial charge in [-0.05, 0) is 19.4 Å². The van der Waals surface area contributed by atoms with Gasteiger partial charge in [0.25, 0.3) is 5.91 Å². The number of morpholine rings is 1. The van der Waals surface area contributed by atoms with Gasteiger partial charge in [0.2, 0.25) is 0 Å². The standard InChI is InChI=1S/C13H20ClN3O2/c1-3-10-7-12(17(4-2)15-10)13(18)16-5-6-19-9-11(16)8-14/h7,11H,3-6,8-9H2,1-2H3. The van der Waals surface area contributed by atoms with Crippen LogP contribution in [0.15, 0.2) is 6.07 Å². The fourth-order valence-corrected chi connectivity index (χ4v) is 2.51. The summed E-state index contributed by atoms with van der Waals surface area (Å²) in [5.41, 5.74) is 1.59. The van der Waals surface area contributed by atoms with Gasteiger partial charge in [-0.15, -0.1) is 11.6 Å². The van der Waals surface area contributed by atoms with Crippen molar-refractivity contribution < 1.29 is 9.53 Å². The highest BCUT2D eigenvalue weighted by Crippen LogP contribution is 2.15.